The standard InChI is InChI=1S/C34H24Cl4N4O3S2/c1-19(31(43)42-34-41-30(18-46-34)22-11-13-26(36)28(38)14-22)47-25-9-5-8-24(17-25)39-33(45)29(15-21-10-12-23(35)16-27(21)37)40-32(44)20-6-3-2-4-7-20/h2-19H,1H3,(H,39,45)(H,40,44)(H,41,42,43)/b29-15+. The fraction of sp³-hybridized carbons (Fsp3) is 0.0588. The smallest absolute Gasteiger partial charge is 0.272 e. The number of benzene rings is 4. The third-order valence-corrected chi connectivity index (χ3v) is 9.67. The van der Waals surface area contributed by atoms with Gasteiger partial charge in [0.1, 0.15) is 5.70 Å². The van der Waals surface area contributed by atoms with Gasteiger partial charge in [-0.05, 0) is 73.2 Å². The van der Waals surface area contributed by atoms with E-state index in [0.717, 1.165) is 10.5 Å². The molecule has 7 nitrogen and oxygen atoms in total. The Kier molecular flexibility index (Phi) is 11.6. The minimum absolute atomic E-state index is 0.0300. The fourth-order valence-electron chi connectivity index (χ4n) is 4.15. The summed E-state index contributed by atoms with van der Waals surface area (Å²) in [6.07, 6.45) is 1.48. The molecular weight excluding hydrogens is 718 g/mol. The van der Waals surface area contributed by atoms with Crippen molar-refractivity contribution in [3.63, 3.8) is 0 Å². The molecule has 47 heavy (non-hydrogen) atoms. The molecule has 0 saturated carbocycles. The van der Waals surface area contributed by atoms with Crippen LogP contribution >= 0.6 is 69.5 Å². The zero-order valence-electron chi connectivity index (χ0n) is 24.4. The Morgan fingerprint density at radius 1 is 0.830 bits per heavy atom. The maximum atomic E-state index is 13.5. The van der Waals surface area contributed by atoms with Gasteiger partial charge < -0.3 is 16.0 Å². The molecule has 0 radical (unpaired) electrons. The summed E-state index contributed by atoms with van der Waals surface area (Å²) < 4.78 is 0. The number of carbonyl (C=O) groups is 3. The molecule has 1 aromatic heterocycles. The number of amides is 3. The van der Waals surface area contributed by atoms with Crippen LogP contribution in [0.25, 0.3) is 17.3 Å². The molecule has 1 atom stereocenters. The first kappa shape index (κ1) is 34.5. The van der Waals surface area contributed by atoms with E-state index >= 15 is 0 Å². The number of hydrogen-bond donors (Lipinski definition) is 3. The summed E-state index contributed by atoms with van der Waals surface area (Å²) in [5, 5.41) is 11.8. The summed E-state index contributed by atoms with van der Waals surface area (Å²) in [6, 6.07) is 25.6. The Balaban J connectivity index is 1.26. The van der Waals surface area contributed by atoms with Gasteiger partial charge in [-0.15, -0.1) is 23.1 Å². The van der Waals surface area contributed by atoms with Crippen molar-refractivity contribution in [3.8, 4) is 11.3 Å². The van der Waals surface area contributed by atoms with Crippen molar-refractivity contribution in [2.24, 2.45) is 0 Å². The Labute approximate surface area is 299 Å². The van der Waals surface area contributed by atoms with Crippen LogP contribution in [0.4, 0.5) is 10.8 Å². The second kappa shape index (κ2) is 15.8. The molecule has 0 saturated heterocycles. The molecule has 1 unspecified atom stereocenters. The minimum atomic E-state index is -0.574. The van der Waals surface area contributed by atoms with Crippen LogP contribution in [0.5, 0.6) is 0 Å². The van der Waals surface area contributed by atoms with E-state index in [1.165, 1.54) is 29.2 Å². The van der Waals surface area contributed by atoms with E-state index in [1.807, 2.05) is 17.5 Å². The van der Waals surface area contributed by atoms with E-state index in [1.54, 1.807) is 85.8 Å². The first-order valence-corrected chi connectivity index (χ1v) is 17.2. The molecule has 5 rings (SSSR count). The number of carbonyl (C=O) groups excluding carboxylic acids is 3. The van der Waals surface area contributed by atoms with Gasteiger partial charge in [0.2, 0.25) is 5.91 Å². The van der Waals surface area contributed by atoms with E-state index in [0.29, 0.717) is 47.7 Å². The number of anilines is 2. The second-order valence-corrected chi connectivity index (χ2v) is 13.9. The summed E-state index contributed by atoms with van der Waals surface area (Å²) in [4.78, 5) is 44.7. The molecule has 13 heteroatoms. The monoisotopic (exact) mass is 740 g/mol. The molecule has 5 aromatic rings. The van der Waals surface area contributed by atoms with Crippen molar-refractivity contribution in [2.75, 3.05) is 10.6 Å². The molecular formula is C34H24Cl4N4O3S2. The Morgan fingerprint density at radius 2 is 1.62 bits per heavy atom. The normalized spacial score (nSPS) is 11.9. The first-order chi connectivity index (χ1) is 22.5. The average molecular weight is 743 g/mol. The quantitative estimate of drug-likeness (QED) is 0.0978. The highest BCUT2D eigenvalue weighted by atomic mass is 35.5. The highest BCUT2D eigenvalue weighted by Gasteiger charge is 2.19. The van der Waals surface area contributed by atoms with E-state index in [-0.39, 0.29) is 11.6 Å². The Hall–Kier alpha value is -3.83. The van der Waals surface area contributed by atoms with Gasteiger partial charge in [-0.25, -0.2) is 4.98 Å². The molecule has 238 valence electrons. The third kappa shape index (κ3) is 9.38. The summed E-state index contributed by atoms with van der Waals surface area (Å²) in [5.41, 5.74) is 2.74. The van der Waals surface area contributed by atoms with Gasteiger partial charge in [-0.1, -0.05) is 82.8 Å². The summed E-state index contributed by atoms with van der Waals surface area (Å²) in [6.45, 7) is 1.77. The molecule has 0 bridgehead atoms. The van der Waals surface area contributed by atoms with Gasteiger partial charge >= 0.3 is 0 Å². The van der Waals surface area contributed by atoms with Crippen LogP contribution in [0.1, 0.15) is 22.8 Å². The third-order valence-electron chi connectivity index (χ3n) is 6.51. The van der Waals surface area contributed by atoms with Gasteiger partial charge in [-0.2, -0.15) is 0 Å². The van der Waals surface area contributed by atoms with Gasteiger partial charge in [0, 0.05) is 37.1 Å². The van der Waals surface area contributed by atoms with E-state index in [4.69, 9.17) is 46.4 Å². The highest BCUT2D eigenvalue weighted by molar-refractivity contribution is 8.00. The highest BCUT2D eigenvalue weighted by Crippen LogP contribution is 2.32. The van der Waals surface area contributed by atoms with Crippen LogP contribution in [0.15, 0.2) is 107 Å². The average Bonchev–Trinajstić information content (AvgIpc) is 3.52. The van der Waals surface area contributed by atoms with Crippen LogP contribution in [0.3, 0.4) is 0 Å². The number of thiazole rings is 1. The lowest BCUT2D eigenvalue weighted by atomic mass is 10.1. The van der Waals surface area contributed by atoms with Crippen LogP contribution in [0, 0.1) is 0 Å². The van der Waals surface area contributed by atoms with Crippen molar-refractivity contribution in [2.45, 2.75) is 17.1 Å². The Bertz CT molecular complexity index is 1990. The van der Waals surface area contributed by atoms with Crippen LogP contribution in [-0.2, 0) is 9.59 Å². The second-order valence-electron chi connectivity index (χ2n) is 9.94. The molecule has 0 aliphatic carbocycles. The number of thioether (sulfide) groups is 1. The number of hydrogen-bond acceptors (Lipinski definition) is 6. The maximum absolute atomic E-state index is 13.5. The van der Waals surface area contributed by atoms with Crippen molar-refractivity contribution in [3.05, 3.63) is 133 Å². The number of aromatic nitrogens is 1. The molecule has 0 aliphatic rings. The first-order valence-electron chi connectivity index (χ1n) is 13.9. The molecule has 0 spiro atoms. The van der Waals surface area contributed by atoms with Crippen molar-refractivity contribution in [1.29, 1.82) is 0 Å². The molecule has 0 aliphatic heterocycles. The molecule has 0 fully saturated rings. The zero-order valence-corrected chi connectivity index (χ0v) is 29.0. The molecule has 3 N–H and O–H groups in total. The number of rotatable bonds is 10. The van der Waals surface area contributed by atoms with Crippen LogP contribution in [0.2, 0.25) is 20.1 Å². The molecule has 3 amide bonds. The summed E-state index contributed by atoms with van der Waals surface area (Å²) >= 11 is 27.2. The Morgan fingerprint density at radius 3 is 2.36 bits per heavy atom. The number of halogens is 4. The van der Waals surface area contributed by atoms with Crippen molar-refractivity contribution >= 4 is 104 Å². The van der Waals surface area contributed by atoms with E-state index in [9.17, 15) is 14.4 Å². The summed E-state index contributed by atoms with van der Waals surface area (Å²) in [7, 11) is 0. The predicted octanol–water partition coefficient (Wildman–Crippen LogP) is 9.95. The van der Waals surface area contributed by atoms with Crippen molar-refractivity contribution < 1.29 is 14.4 Å². The van der Waals surface area contributed by atoms with Crippen LogP contribution in [-0.4, -0.2) is 28.0 Å². The lowest BCUT2D eigenvalue weighted by molar-refractivity contribution is -0.115. The van der Waals surface area contributed by atoms with Crippen molar-refractivity contribution in [1.82, 2.24) is 10.3 Å². The zero-order chi connectivity index (χ0) is 33.5. The largest absolute Gasteiger partial charge is 0.321 e. The topological polar surface area (TPSA) is 100 Å². The molecule has 1 heterocycles. The van der Waals surface area contributed by atoms with Gasteiger partial charge in [0.25, 0.3) is 11.8 Å². The SMILES string of the molecule is CC(Sc1cccc(NC(=O)/C(=C\c2ccc(Cl)cc2Cl)NC(=O)c2ccccc2)c1)C(=O)Nc1nc(-c2ccc(Cl)c(Cl)c2)cs1. The number of nitrogens with one attached hydrogen (secondary N) is 3. The van der Waals surface area contributed by atoms with Gasteiger partial charge in [-0.3, -0.25) is 14.4 Å². The van der Waals surface area contributed by atoms with Gasteiger partial charge in [0.15, 0.2) is 5.13 Å². The molecule has 4 aromatic carbocycles. The fourth-order valence-corrected chi connectivity index (χ4v) is 6.56. The van der Waals surface area contributed by atoms with Gasteiger partial charge in [0.05, 0.1) is 21.0 Å². The lowest BCUT2D eigenvalue weighted by Gasteiger charge is -2.14. The van der Waals surface area contributed by atoms with E-state index < -0.39 is 17.1 Å². The lowest BCUT2D eigenvalue weighted by Crippen LogP contribution is -2.30. The minimum Gasteiger partial charge on any atom is -0.321 e. The maximum Gasteiger partial charge on any atom is 0.272 e. The predicted molar refractivity (Wildman–Crippen MR) is 195 cm³/mol. The number of nitrogens with zero attached hydrogens (tertiary/aromatic N) is 1. The summed E-state index contributed by atoms with van der Waals surface area (Å²) in [5.74, 6) is -1.28. The van der Waals surface area contributed by atoms with Crippen LogP contribution < -0.4 is 16.0 Å². The van der Waals surface area contributed by atoms with E-state index in [2.05, 4.69) is 20.9 Å².